The summed E-state index contributed by atoms with van der Waals surface area (Å²) in [5.74, 6) is 0. The van der Waals surface area contributed by atoms with Crippen LogP contribution in [0, 0.1) is 0 Å². The summed E-state index contributed by atoms with van der Waals surface area (Å²) < 4.78 is 51.4. The minimum Gasteiger partial charge on any atom is -0.456 e. The number of rotatable bonds is 5. The molecule has 0 fully saturated rings. The number of anilines is 3. The van der Waals surface area contributed by atoms with Crippen molar-refractivity contribution < 1.29 is 11.3 Å². The van der Waals surface area contributed by atoms with Gasteiger partial charge in [0.05, 0.1) is 18.0 Å². The summed E-state index contributed by atoms with van der Waals surface area (Å²) in [5.41, 5.74) is 7.55. The normalized spacial score (nSPS) is 16.4. The average molecular weight is 631 g/mol. The van der Waals surface area contributed by atoms with Gasteiger partial charge in [0.2, 0.25) is 0 Å². The Morgan fingerprint density at radius 3 is 2.08 bits per heavy atom. The molecule has 1 aliphatic carbocycles. The molecule has 0 saturated carbocycles. The van der Waals surface area contributed by atoms with Gasteiger partial charge < -0.3 is 9.32 Å². The van der Waals surface area contributed by atoms with Crippen molar-refractivity contribution in [2.75, 3.05) is 4.90 Å². The summed E-state index contributed by atoms with van der Waals surface area (Å²) in [7, 11) is 0. The van der Waals surface area contributed by atoms with Crippen molar-refractivity contribution in [3.63, 3.8) is 0 Å². The molecule has 2 heteroatoms. The van der Waals surface area contributed by atoms with Crippen LogP contribution in [0.25, 0.3) is 43.8 Å². The number of benzene rings is 8. The molecule has 10 rings (SSSR count). The number of nitrogens with zero attached hydrogens (tertiary/aromatic N) is 1. The third-order valence-electron chi connectivity index (χ3n) is 10.00. The van der Waals surface area contributed by atoms with Crippen molar-refractivity contribution in [3.8, 4) is 11.1 Å². The molecular weight excluding hydrogens is 595 g/mol. The van der Waals surface area contributed by atoms with Crippen molar-refractivity contribution in [1.82, 2.24) is 0 Å². The molecule has 49 heavy (non-hydrogen) atoms. The Bertz CT molecular complexity index is 2940. The fourth-order valence-electron chi connectivity index (χ4n) is 7.94. The zero-order valence-corrected chi connectivity index (χ0v) is 26.4. The average Bonchev–Trinajstić information content (AvgIpc) is 3.73. The van der Waals surface area contributed by atoms with Gasteiger partial charge in [-0.3, -0.25) is 0 Å². The first-order valence-electron chi connectivity index (χ1n) is 18.9. The predicted molar refractivity (Wildman–Crippen MR) is 203 cm³/mol. The van der Waals surface area contributed by atoms with Crippen LogP contribution in [-0.2, 0) is 5.41 Å². The molecule has 0 amide bonds. The zero-order valence-electron chi connectivity index (χ0n) is 31.4. The first-order chi connectivity index (χ1) is 26.4. The highest BCUT2D eigenvalue weighted by atomic mass is 16.3. The molecule has 0 N–H and O–H groups in total. The predicted octanol–water partition coefficient (Wildman–Crippen LogP) is 12.6. The molecule has 9 aromatic rings. The van der Waals surface area contributed by atoms with Gasteiger partial charge in [-0.15, -0.1) is 0 Å². The van der Waals surface area contributed by atoms with Gasteiger partial charge in [0.15, 0.2) is 0 Å². The molecule has 0 saturated heterocycles. The lowest BCUT2D eigenvalue weighted by molar-refractivity contribution is 0.665. The van der Waals surface area contributed by atoms with Crippen LogP contribution in [0.1, 0.15) is 29.1 Å². The standard InChI is InChI=1S/C47H31NO/c1-3-16-33(17-4-1)47(34-26-28-40-39-22-10-12-25-45(39)49-46(40)30-34)42-23-11-9-21-38(42)41-31-36(27-29-43(41)47)48(35-18-5-2-6-19-35)44-24-13-15-32-14-7-8-20-37(32)44/h1-31H/i1D,3D,4D,16D,17D. The fourth-order valence-corrected chi connectivity index (χ4v) is 7.94. The van der Waals surface area contributed by atoms with Crippen molar-refractivity contribution in [2.45, 2.75) is 5.41 Å². The van der Waals surface area contributed by atoms with Gasteiger partial charge in [0.1, 0.15) is 11.2 Å². The van der Waals surface area contributed by atoms with E-state index in [1.807, 2.05) is 84.9 Å². The molecular formula is C47H31NO. The van der Waals surface area contributed by atoms with E-state index in [9.17, 15) is 2.74 Å². The second kappa shape index (κ2) is 10.8. The number of para-hydroxylation sites is 2. The topological polar surface area (TPSA) is 16.4 Å². The minimum atomic E-state index is -1.28. The van der Waals surface area contributed by atoms with E-state index in [4.69, 9.17) is 8.53 Å². The maximum atomic E-state index is 9.42. The molecule has 0 radical (unpaired) electrons. The molecule has 1 atom stereocenters. The SMILES string of the molecule is [2H]c1c([2H])c([2H])c(C2(c3ccc4c(c3)oc3ccccc34)c3ccccc3-c3cc(N(c4ccccc4)c4cccc5ccccc45)ccc32)c([2H])c1[2H]. The summed E-state index contributed by atoms with van der Waals surface area (Å²) in [4.78, 5) is 2.26. The summed E-state index contributed by atoms with van der Waals surface area (Å²) in [6.07, 6.45) is 0. The maximum absolute atomic E-state index is 9.42. The van der Waals surface area contributed by atoms with Crippen LogP contribution >= 0.6 is 0 Å². The van der Waals surface area contributed by atoms with Crippen molar-refractivity contribution in [3.05, 3.63) is 210 Å². The third-order valence-corrected chi connectivity index (χ3v) is 10.00. The van der Waals surface area contributed by atoms with Gasteiger partial charge >= 0.3 is 0 Å². The van der Waals surface area contributed by atoms with Gasteiger partial charge in [-0.05, 0) is 81.2 Å². The Balaban J connectivity index is 1.31. The number of hydrogen-bond donors (Lipinski definition) is 0. The quantitative estimate of drug-likeness (QED) is 0.188. The number of hydrogen-bond acceptors (Lipinski definition) is 2. The van der Waals surface area contributed by atoms with E-state index < -0.39 is 11.5 Å². The fraction of sp³-hybridized carbons (Fsp3) is 0.0213. The molecule has 0 spiro atoms. The Morgan fingerprint density at radius 2 is 1.18 bits per heavy atom. The van der Waals surface area contributed by atoms with Gasteiger partial charge in [0, 0.05) is 27.5 Å². The van der Waals surface area contributed by atoms with Gasteiger partial charge in [-0.25, -0.2) is 0 Å². The second-order valence-electron chi connectivity index (χ2n) is 12.5. The van der Waals surface area contributed by atoms with E-state index in [0.29, 0.717) is 5.58 Å². The molecule has 1 aliphatic rings. The Hall–Kier alpha value is -6.38. The smallest absolute Gasteiger partial charge is 0.135 e. The summed E-state index contributed by atoms with van der Waals surface area (Å²) in [6.45, 7) is 0. The van der Waals surface area contributed by atoms with Crippen LogP contribution < -0.4 is 4.90 Å². The van der Waals surface area contributed by atoms with Gasteiger partial charge in [-0.2, -0.15) is 0 Å². The lowest BCUT2D eigenvalue weighted by Crippen LogP contribution is -2.28. The molecule has 230 valence electrons. The van der Waals surface area contributed by atoms with Crippen LogP contribution in [0.15, 0.2) is 192 Å². The zero-order chi connectivity index (χ0) is 36.7. The van der Waals surface area contributed by atoms with Crippen molar-refractivity contribution >= 4 is 49.8 Å². The maximum Gasteiger partial charge on any atom is 0.135 e. The lowest BCUT2D eigenvalue weighted by Gasteiger charge is -2.34. The van der Waals surface area contributed by atoms with E-state index in [2.05, 4.69) is 77.7 Å². The number of fused-ring (bicyclic) bond motifs is 7. The Labute approximate surface area is 292 Å². The molecule has 8 aromatic carbocycles. The van der Waals surface area contributed by atoms with Crippen LogP contribution in [0.5, 0.6) is 0 Å². The highest BCUT2D eigenvalue weighted by molar-refractivity contribution is 6.05. The van der Waals surface area contributed by atoms with E-state index in [1.54, 1.807) is 0 Å². The molecule has 1 aromatic heterocycles. The summed E-state index contributed by atoms with van der Waals surface area (Å²) in [5, 5.41) is 4.17. The largest absolute Gasteiger partial charge is 0.456 e. The molecule has 0 aliphatic heterocycles. The molecule has 0 bridgehead atoms. The van der Waals surface area contributed by atoms with E-state index >= 15 is 0 Å². The summed E-state index contributed by atoms with van der Waals surface area (Å²) in [6, 6.07) is 51.7. The van der Waals surface area contributed by atoms with Crippen molar-refractivity contribution in [2.24, 2.45) is 0 Å². The Kier molecular flexibility index (Phi) is 5.09. The highest BCUT2D eigenvalue weighted by Gasteiger charge is 2.46. The van der Waals surface area contributed by atoms with Crippen molar-refractivity contribution in [1.29, 1.82) is 0 Å². The molecule has 1 unspecified atom stereocenters. The highest BCUT2D eigenvalue weighted by Crippen LogP contribution is 2.57. The monoisotopic (exact) mass is 630 g/mol. The third kappa shape index (κ3) is 4.07. The first kappa shape index (κ1) is 23.0. The molecule has 1 heterocycles. The van der Waals surface area contributed by atoms with E-state index in [-0.39, 0.29) is 29.7 Å². The first-order valence-corrected chi connectivity index (χ1v) is 16.4. The lowest BCUT2D eigenvalue weighted by atomic mass is 9.67. The van der Waals surface area contributed by atoms with Gasteiger partial charge in [-0.1, -0.05) is 145 Å². The van der Waals surface area contributed by atoms with Crippen LogP contribution in [0.3, 0.4) is 0 Å². The second-order valence-corrected chi connectivity index (χ2v) is 12.5. The molecule has 2 nitrogen and oxygen atoms in total. The van der Waals surface area contributed by atoms with E-state index in [1.165, 1.54) is 0 Å². The minimum absolute atomic E-state index is 0.205. The number of furan rings is 1. The summed E-state index contributed by atoms with van der Waals surface area (Å²) >= 11 is 0. The van der Waals surface area contributed by atoms with Gasteiger partial charge in [0.25, 0.3) is 0 Å². The van der Waals surface area contributed by atoms with Crippen LogP contribution in [0.4, 0.5) is 17.1 Å². The Morgan fingerprint density at radius 1 is 0.469 bits per heavy atom. The van der Waals surface area contributed by atoms with Crippen LogP contribution in [0.2, 0.25) is 0 Å². The van der Waals surface area contributed by atoms with E-state index in [0.717, 1.165) is 72.0 Å². The van der Waals surface area contributed by atoms with Crippen LogP contribution in [-0.4, -0.2) is 0 Å².